The number of nitrogens with zero attached hydrogens (tertiary/aromatic N) is 3. The summed E-state index contributed by atoms with van der Waals surface area (Å²) in [5.74, 6) is -0.0790. The minimum absolute atomic E-state index is 0.0790. The standard InChI is InChI=1S/C23H32N4O3S/c1-25-15-17-26(18-16-25)21-12-10-20(11-13-21)19-24-23(28)9-6-14-27(31(2,29)30)22-7-4-3-5-8-22/h3-5,7-8,10-13H,6,9,14-19H2,1-2H3,(H,24,28). The molecule has 0 bridgehead atoms. The fourth-order valence-corrected chi connectivity index (χ4v) is 4.61. The van der Waals surface area contributed by atoms with Crippen molar-refractivity contribution in [2.24, 2.45) is 0 Å². The smallest absolute Gasteiger partial charge is 0.232 e. The molecule has 0 saturated carbocycles. The van der Waals surface area contributed by atoms with Gasteiger partial charge in [0.05, 0.1) is 11.9 Å². The highest BCUT2D eigenvalue weighted by Crippen LogP contribution is 2.18. The zero-order valence-corrected chi connectivity index (χ0v) is 19.1. The zero-order valence-electron chi connectivity index (χ0n) is 18.3. The topological polar surface area (TPSA) is 73.0 Å². The Kier molecular flexibility index (Phi) is 7.92. The van der Waals surface area contributed by atoms with Gasteiger partial charge in [-0.25, -0.2) is 8.42 Å². The van der Waals surface area contributed by atoms with Gasteiger partial charge < -0.3 is 15.1 Å². The van der Waals surface area contributed by atoms with Gasteiger partial charge in [-0.2, -0.15) is 0 Å². The first-order chi connectivity index (χ1) is 14.8. The number of hydrogen-bond acceptors (Lipinski definition) is 5. The molecule has 1 aliphatic rings. The van der Waals surface area contributed by atoms with Crippen LogP contribution >= 0.6 is 0 Å². The summed E-state index contributed by atoms with van der Waals surface area (Å²) < 4.78 is 25.5. The molecular weight excluding hydrogens is 412 g/mol. The Bertz CT molecular complexity index is 941. The van der Waals surface area contributed by atoms with Crippen molar-refractivity contribution in [3.05, 3.63) is 60.2 Å². The maximum absolute atomic E-state index is 12.2. The molecule has 2 aromatic carbocycles. The minimum Gasteiger partial charge on any atom is -0.369 e. The van der Waals surface area contributed by atoms with Crippen LogP contribution in [0.1, 0.15) is 18.4 Å². The van der Waals surface area contributed by atoms with Gasteiger partial charge in [0, 0.05) is 51.4 Å². The van der Waals surface area contributed by atoms with E-state index >= 15 is 0 Å². The normalized spacial score (nSPS) is 15.0. The number of rotatable bonds is 9. The Morgan fingerprint density at radius 1 is 1.00 bits per heavy atom. The molecule has 1 amide bonds. The lowest BCUT2D eigenvalue weighted by atomic mass is 10.1. The summed E-state index contributed by atoms with van der Waals surface area (Å²) in [4.78, 5) is 16.9. The Labute approximate surface area is 185 Å². The van der Waals surface area contributed by atoms with Crippen molar-refractivity contribution in [1.29, 1.82) is 0 Å². The molecule has 0 unspecified atom stereocenters. The molecular formula is C23H32N4O3S. The van der Waals surface area contributed by atoms with E-state index in [9.17, 15) is 13.2 Å². The summed E-state index contributed by atoms with van der Waals surface area (Å²) in [6, 6.07) is 17.3. The van der Waals surface area contributed by atoms with Crippen LogP contribution < -0.4 is 14.5 Å². The van der Waals surface area contributed by atoms with Crippen LogP contribution in [-0.4, -0.2) is 65.3 Å². The minimum atomic E-state index is -3.39. The van der Waals surface area contributed by atoms with Gasteiger partial charge in [-0.3, -0.25) is 9.10 Å². The van der Waals surface area contributed by atoms with Gasteiger partial charge in [0.2, 0.25) is 15.9 Å². The van der Waals surface area contributed by atoms with Gasteiger partial charge in [-0.05, 0) is 43.3 Å². The molecule has 0 radical (unpaired) electrons. The van der Waals surface area contributed by atoms with Crippen molar-refractivity contribution < 1.29 is 13.2 Å². The number of carbonyl (C=O) groups is 1. The highest BCUT2D eigenvalue weighted by atomic mass is 32.2. The number of nitrogens with one attached hydrogen (secondary N) is 1. The second-order valence-corrected chi connectivity index (χ2v) is 9.91. The number of carbonyl (C=O) groups excluding carboxylic acids is 1. The first-order valence-corrected chi connectivity index (χ1v) is 12.5. The Balaban J connectivity index is 1.43. The Hall–Kier alpha value is -2.58. The molecule has 1 saturated heterocycles. The highest BCUT2D eigenvalue weighted by molar-refractivity contribution is 7.92. The predicted molar refractivity (Wildman–Crippen MR) is 126 cm³/mol. The number of amides is 1. The van der Waals surface area contributed by atoms with Crippen LogP contribution in [0.15, 0.2) is 54.6 Å². The summed E-state index contributed by atoms with van der Waals surface area (Å²) in [6.07, 6.45) is 1.92. The van der Waals surface area contributed by atoms with E-state index in [-0.39, 0.29) is 18.9 Å². The summed E-state index contributed by atoms with van der Waals surface area (Å²) in [5.41, 5.74) is 2.88. The Morgan fingerprint density at radius 3 is 2.26 bits per heavy atom. The lowest BCUT2D eigenvalue weighted by Gasteiger charge is -2.34. The third-order valence-corrected chi connectivity index (χ3v) is 6.70. The van der Waals surface area contributed by atoms with Crippen LogP contribution in [0.3, 0.4) is 0 Å². The Morgan fingerprint density at radius 2 is 1.65 bits per heavy atom. The molecule has 0 atom stereocenters. The molecule has 1 heterocycles. The lowest BCUT2D eigenvalue weighted by Crippen LogP contribution is -2.44. The molecule has 8 heteroatoms. The molecule has 1 fully saturated rings. The molecule has 168 valence electrons. The summed E-state index contributed by atoms with van der Waals surface area (Å²) in [6.45, 7) is 4.93. The van der Waals surface area contributed by atoms with Crippen LogP contribution in [0.25, 0.3) is 0 Å². The summed E-state index contributed by atoms with van der Waals surface area (Å²) in [5, 5.41) is 2.93. The van der Waals surface area contributed by atoms with Gasteiger partial charge in [0.15, 0.2) is 0 Å². The van der Waals surface area contributed by atoms with Gasteiger partial charge in [-0.15, -0.1) is 0 Å². The van der Waals surface area contributed by atoms with Crippen LogP contribution in [0.2, 0.25) is 0 Å². The van der Waals surface area contributed by atoms with Crippen molar-refractivity contribution in [1.82, 2.24) is 10.2 Å². The van der Waals surface area contributed by atoms with Crippen molar-refractivity contribution in [3.63, 3.8) is 0 Å². The largest absolute Gasteiger partial charge is 0.369 e. The fourth-order valence-electron chi connectivity index (χ4n) is 3.64. The predicted octanol–water partition coefficient (Wildman–Crippen LogP) is 2.30. The van der Waals surface area contributed by atoms with Crippen LogP contribution in [-0.2, 0) is 21.4 Å². The maximum Gasteiger partial charge on any atom is 0.232 e. The molecule has 3 rings (SSSR count). The summed E-state index contributed by atoms with van der Waals surface area (Å²) >= 11 is 0. The van der Waals surface area contributed by atoms with E-state index in [2.05, 4.69) is 46.4 Å². The molecule has 31 heavy (non-hydrogen) atoms. The van der Waals surface area contributed by atoms with Crippen LogP contribution in [0.4, 0.5) is 11.4 Å². The molecule has 7 nitrogen and oxygen atoms in total. The molecule has 0 aliphatic carbocycles. The first kappa shape index (κ1) is 23.1. The monoisotopic (exact) mass is 444 g/mol. The average molecular weight is 445 g/mol. The average Bonchev–Trinajstić information content (AvgIpc) is 2.76. The third kappa shape index (κ3) is 6.97. The summed E-state index contributed by atoms with van der Waals surface area (Å²) in [7, 11) is -1.25. The number of anilines is 2. The number of likely N-dealkylation sites (N-methyl/N-ethyl adjacent to an activating group) is 1. The van der Waals surface area contributed by atoms with Gasteiger partial charge >= 0.3 is 0 Å². The molecule has 0 spiro atoms. The number of sulfonamides is 1. The molecule has 0 aromatic heterocycles. The van der Waals surface area contributed by atoms with Crippen LogP contribution in [0, 0.1) is 0 Å². The first-order valence-electron chi connectivity index (χ1n) is 10.6. The van der Waals surface area contributed by atoms with Crippen molar-refractivity contribution in [2.75, 3.05) is 55.2 Å². The molecule has 1 N–H and O–H groups in total. The van der Waals surface area contributed by atoms with Crippen molar-refractivity contribution in [2.45, 2.75) is 19.4 Å². The third-order valence-electron chi connectivity index (χ3n) is 5.50. The van der Waals surface area contributed by atoms with E-state index in [4.69, 9.17) is 0 Å². The second-order valence-electron chi connectivity index (χ2n) is 8.01. The lowest BCUT2D eigenvalue weighted by molar-refractivity contribution is -0.121. The van der Waals surface area contributed by atoms with Gasteiger partial charge in [-0.1, -0.05) is 30.3 Å². The van der Waals surface area contributed by atoms with E-state index in [1.807, 2.05) is 6.07 Å². The fraction of sp³-hybridized carbons (Fsp3) is 0.435. The quantitative estimate of drug-likeness (QED) is 0.643. The van der Waals surface area contributed by atoms with E-state index in [0.717, 1.165) is 31.7 Å². The van der Waals surface area contributed by atoms with E-state index in [0.29, 0.717) is 18.7 Å². The van der Waals surface area contributed by atoms with Gasteiger partial charge in [0.1, 0.15) is 0 Å². The number of piperazine rings is 1. The van der Waals surface area contributed by atoms with E-state index < -0.39 is 10.0 Å². The SMILES string of the molecule is CN1CCN(c2ccc(CNC(=O)CCCN(c3ccccc3)S(C)(=O)=O)cc2)CC1. The number of hydrogen-bond donors (Lipinski definition) is 1. The van der Waals surface area contributed by atoms with E-state index in [1.165, 1.54) is 16.2 Å². The van der Waals surface area contributed by atoms with E-state index in [1.54, 1.807) is 24.3 Å². The molecule has 1 aliphatic heterocycles. The maximum atomic E-state index is 12.2. The van der Waals surface area contributed by atoms with Gasteiger partial charge in [0.25, 0.3) is 0 Å². The van der Waals surface area contributed by atoms with Crippen LogP contribution in [0.5, 0.6) is 0 Å². The van der Waals surface area contributed by atoms with Crippen molar-refractivity contribution in [3.8, 4) is 0 Å². The number of benzene rings is 2. The highest BCUT2D eigenvalue weighted by Gasteiger charge is 2.17. The zero-order chi connectivity index (χ0) is 22.3. The molecule has 2 aromatic rings. The van der Waals surface area contributed by atoms with Crippen molar-refractivity contribution >= 4 is 27.3 Å². The second kappa shape index (κ2) is 10.6. The number of para-hydroxylation sites is 1.